The molecule has 9 nitrogen and oxygen atoms in total. The van der Waals surface area contributed by atoms with E-state index in [0.717, 1.165) is 11.1 Å². The van der Waals surface area contributed by atoms with Gasteiger partial charge < -0.3 is 21.7 Å². The molecule has 9 heteroatoms. The Labute approximate surface area is 193 Å². The number of hydroxylamine groups is 1. The quantitative estimate of drug-likeness (QED) is 0.279. The number of hydrogen-bond donors (Lipinski definition) is 5. The number of anilines is 1. The molecule has 0 bridgehead atoms. The van der Waals surface area contributed by atoms with Gasteiger partial charge in [0.25, 0.3) is 5.91 Å². The molecule has 0 saturated carbocycles. The average molecular weight is 454 g/mol. The van der Waals surface area contributed by atoms with Gasteiger partial charge in [-0.15, -0.1) is 0 Å². The first kappa shape index (κ1) is 24.4. The number of benzene rings is 2. The maximum atomic E-state index is 13.1. The van der Waals surface area contributed by atoms with Crippen LogP contribution in [0.1, 0.15) is 24.0 Å². The fraction of sp³-hybridized carbons (Fsp3) is 0.375. The number of amides is 3. The van der Waals surface area contributed by atoms with E-state index >= 15 is 0 Å². The van der Waals surface area contributed by atoms with Crippen LogP contribution in [0.15, 0.2) is 54.6 Å². The van der Waals surface area contributed by atoms with E-state index in [0.29, 0.717) is 36.6 Å². The van der Waals surface area contributed by atoms with Crippen LogP contribution in [0.3, 0.4) is 0 Å². The first-order valence-corrected chi connectivity index (χ1v) is 11.0. The summed E-state index contributed by atoms with van der Waals surface area (Å²) in [6, 6.07) is 14.9. The Morgan fingerprint density at radius 3 is 2.64 bits per heavy atom. The molecule has 6 N–H and O–H groups in total. The van der Waals surface area contributed by atoms with Crippen molar-refractivity contribution in [3.63, 3.8) is 0 Å². The molecule has 3 rings (SSSR count). The molecule has 3 amide bonds. The second-order valence-corrected chi connectivity index (χ2v) is 8.24. The van der Waals surface area contributed by atoms with Crippen molar-refractivity contribution in [3.05, 3.63) is 65.7 Å². The normalized spacial score (nSPS) is 18.4. The van der Waals surface area contributed by atoms with Crippen LogP contribution in [0.4, 0.5) is 5.69 Å². The molecule has 0 spiro atoms. The van der Waals surface area contributed by atoms with Crippen LogP contribution in [0.2, 0.25) is 0 Å². The molecule has 3 atom stereocenters. The van der Waals surface area contributed by atoms with E-state index in [2.05, 4.69) is 16.0 Å². The van der Waals surface area contributed by atoms with E-state index in [1.54, 1.807) is 18.2 Å². The van der Waals surface area contributed by atoms with Gasteiger partial charge in [-0.2, -0.15) is 5.06 Å². The predicted molar refractivity (Wildman–Crippen MR) is 125 cm³/mol. The van der Waals surface area contributed by atoms with Gasteiger partial charge in [0.2, 0.25) is 11.8 Å². The molecule has 1 aliphatic rings. The lowest BCUT2D eigenvalue weighted by atomic mass is 10.0. The van der Waals surface area contributed by atoms with E-state index in [-0.39, 0.29) is 24.4 Å². The lowest BCUT2D eigenvalue weighted by Crippen LogP contribution is -2.52. The molecule has 0 aromatic heterocycles. The Hall–Kier alpha value is -3.27. The number of aryl methyl sites for hydroxylation is 2. The SMILES string of the molecule is Cc1cccc(N(O)C(=O)[C@@H](CCc2ccccc2)NC(=O)[C@@H]2C[C@@H](NC(=O)CN)CN2)c1. The summed E-state index contributed by atoms with van der Waals surface area (Å²) < 4.78 is 0. The largest absolute Gasteiger partial charge is 0.351 e. The zero-order valence-corrected chi connectivity index (χ0v) is 18.7. The van der Waals surface area contributed by atoms with Gasteiger partial charge >= 0.3 is 0 Å². The van der Waals surface area contributed by atoms with Crippen molar-refractivity contribution >= 4 is 23.4 Å². The molecule has 1 fully saturated rings. The number of nitrogens with two attached hydrogens (primary N) is 1. The van der Waals surface area contributed by atoms with Crippen molar-refractivity contribution < 1.29 is 19.6 Å². The maximum Gasteiger partial charge on any atom is 0.273 e. The van der Waals surface area contributed by atoms with Crippen molar-refractivity contribution in [3.8, 4) is 0 Å². The van der Waals surface area contributed by atoms with E-state index in [1.165, 1.54) is 0 Å². The van der Waals surface area contributed by atoms with Crippen molar-refractivity contribution in [2.75, 3.05) is 18.2 Å². The average Bonchev–Trinajstić information content (AvgIpc) is 3.29. The Kier molecular flexibility index (Phi) is 8.53. The Morgan fingerprint density at radius 1 is 1.18 bits per heavy atom. The molecule has 176 valence electrons. The molecule has 1 saturated heterocycles. The molecule has 0 aliphatic carbocycles. The third kappa shape index (κ3) is 6.85. The number of nitrogens with zero attached hydrogens (tertiary/aromatic N) is 1. The van der Waals surface area contributed by atoms with E-state index in [1.807, 2.05) is 43.3 Å². The van der Waals surface area contributed by atoms with Crippen LogP contribution in [-0.2, 0) is 20.8 Å². The first-order chi connectivity index (χ1) is 15.9. The highest BCUT2D eigenvalue weighted by Gasteiger charge is 2.33. The summed E-state index contributed by atoms with van der Waals surface area (Å²) in [5.74, 6) is -1.26. The monoisotopic (exact) mass is 453 g/mol. The summed E-state index contributed by atoms with van der Waals surface area (Å²) in [6.45, 7) is 2.18. The fourth-order valence-corrected chi connectivity index (χ4v) is 3.85. The molecule has 1 heterocycles. The lowest BCUT2D eigenvalue weighted by Gasteiger charge is -2.24. The Balaban J connectivity index is 1.69. The highest BCUT2D eigenvalue weighted by atomic mass is 16.5. The summed E-state index contributed by atoms with van der Waals surface area (Å²) in [7, 11) is 0. The second-order valence-electron chi connectivity index (χ2n) is 8.24. The van der Waals surface area contributed by atoms with E-state index in [9.17, 15) is 19.6 Å². The van der Waals surface area contributed by atoms with Gasteiger partial charge in [0.05, 0.1) is 18.3 Å². The zero-order valence-electron chi connectivity index (χ0n) is 18.7. The third-order valence-electron chi connectivity index (χ3n) is 5.63. The van der Waals surface area contributed by atoms with Crippen LogP contribution >= 0.6 is 0 Å². The Morgan fingerprint density at radius 2 is 1.94 bits per heavy atom. The summed E-state index contributed by atoms with van der Waals surface area (Å²) in [5.41, 5.74) is 7.58. The number of nitrogens with one attached hydrogen (secondary N) is 3. The van der Waals surface area contributed by atoms with Crippen molar-refractivity contribution in [1.82, 2.24) is 16.0 Å². The minimum atomic E-state index is -0.928. The zero-order chi connectivity index (χ0) is 23.8. The highest BCUT2D eigenvalue weighted by Crippen LogP contribution is 2.17. The number of carbonyl (C=O) groups excluding carboxylic acids is 3. The predicted octanol–water partition coefficient (Wildman–Crippen LogP) is 0.640. The maximum absolute atomic E-state index is 13.1. The highest BCUT2D eigenvalue weighted by molar-refractivity contribution is 5.98. The molecule has 2 aromatic carbocycles. The van der Waals surface area contributed by atoms with E-state index in [4.69, 9.17) is 5.73 Å². The van der Waals surface area contributed by atoms with Gasteiger partial charge in [0, 0.05) is 12.6 Å². The van der Waals surface area contributed by atoms with E-state index < -0.39 is 18.0 Å². The molecular weight excluding hydrogens is 422 g/mol. The lowest BCUT2D eigenvalue weighted by molar-refractivity contribution is -0.131. The van der Waals surface area contributed by atoms with Crippen LogP contribution < -0.4 is 26.7 Å². The van der Waals surface area contributed by atoms with Crippen LogP contribution in [-0.4, -0.2) is 54.1 Å². The van der Waals surface area contributed by atoms with Crippen LogP contribution in [0, 0.1) is 6.92 Å². The standard InChI is InChI=1S/C24H31N5O4/c1-16-6-5-9-19(12-16)29(33)24(32)20(11-10-17-7-3-2-4-8-17)28-23(31)21-13-18(15-26-21)27-22(30)14-25/h2-9,12,18,20-21,26,33H,10-11,13-15,25H2,1H3,(H,27,30)(H,28,31)/t18-,20-,21+/m1/s1. The van der Waals surface area contributed by atoms with Gasteiger partial charge in [-0.3, -0.25) is 19.6 Å². The second kappa shape index (κ2) is 11.6. The minimum absolute atomic E-state index is 0.116. The van der Waals surface area contributed by atoms with Crippen LogP contribution in [0.5, 0.6) is 0 Å². The molecule has 1 aliphatic heterocycles. The topological polar surface area (TPSA) is 137 Å². The molecule has 2 aromatic rings. The number of rotatable bonds is 9. The summed E-state index contributed by atoms with van der Waals surface area (Å²) >= 11 is 0. The van der Waals surface area contributed by atoms with Gasteiger partial charge in [0.1, 0.15) is 6.04 Å². The first-order valence-electron chi connectivity index (χ1n) is 11.0. The van der Waals surface area contributed by atoms with Crippen molar-refractivity contribution in [2.24, 2.45) is 5.73 Å². The molecule has 0 radical (unpaired) electrons. The molecule has 0 unspecified atom stereocenters. The number of carbonyl (C=O) groups is 3. The summed E-state index contributed by atoms with van der Waals surface area (Å²) in [4.78, 5) is 37.6. The minimum Gasteiger partial charge on any atom is -0.351 e. The Bertz CT molecular complexity index is 968. The smallest absolute Gasteiger partial charge is 0.273 e. The van der Waals surface area contributed by atoms with Gasteiger partial charge in [-0.1, -0.05) is 42.5 Å². The molecular formula is C24H31N5O4. The fourth-order valence-electron chi connectivity index (χ4n) is 3.85. The van der Waals surface area contributed by atoms with Crippen LogP contribution in [0.25, 0.3) is 0 Å². The molecule has 33 heavy (non-hydrogen) atoms. The van der Waals surface area contributed by atoms with Gasteiger partial charge in [-0.05, 0) is 49.4 Å². The third-order valence-corrected chi connectivity index (χ3v) is 5.63. The van der Waals surface area contributed by atoms with Gasteiger partial charge in [-0.25, -0.2) is 0 Å². The number of hydrogen-bond acceptors (Lipinski definition) is 6. The summed E-state index contributed by atoms with van der Waals surface area (Å²) in [5, 5.41) is 19.8. The van der Waals surface area contributed by atoms with Gasteiger partial charge in [0.15, 0.2) is 0 Å². The summed E-state index contributed by atoms with van der Waals surface area (Å²) in [6.07, 6.45) is 1.25. The van der Waals surface area contributed by atoms with Crippen molar-refractivity contribution in [2.45, 2.75) is 44.3 Å². The van der Waals surface area contributed by atoms with Crippen molar-refractivity contribution in [1.29, 1.82) is 0 Å².